The molecule has 0 bridgehead atoms. The van der Waals surface area contributed by atoms with Crippen molar-refractivity contribution in [1.29, 1.82) is 0 Å². The average molecular weight is 273 g/mol. The summed E-state index contributed by atoms with van der Waals surface area (Å²) >= 11 is 2.13. The lowest BCUT2D eigenvalue weighted by Crippen LogP contribution is -2.52. The van der Waals surface area contributed by atoms with Gasteiger partial charge in [-0.05, 0) is 50.3 Å². The molecule has 1 saturated carbocycles. The monoisotopic (exact) mass is 273 g/mol. The Bertz CT molecular complexity index is 223. The van der Waals surface area contributed by atoms with E-state index in [1.165, 1.54) is 25.0 Å². The van der Waals surface area contributed by atoms with Crippen molar-refractivity contribution < 1.29 is 5.11 Å². The summed E-state index contributed by atoms with van der Waals surface area (Å²) in [6.45, 7) is 8.11. The van der Waals surface area contributed by atoms with Crippen molar-refractivity contribution in [3.05, 3.63) is 0 Å². The molecule has 1 fully saturated rings. The summed E-state index contributed by atoms with van der Waals surface area (Å²) in [4.78, 5) is 0. The molecule has 18 heavy (non-hydrogen) atoms. The Labute approximate surface area is 117 Å². The normalized spacial score (nSPS) is 28.8. The Morgan fingerprint density at radius 3 is 2.83 bits per heavy atom. The molecule has 3 heteroatoms. The third kappa shape index (κ3) is 5.50. The van der Waals surface area contributed by atoms with Gasteiger partial charge in [0.05, 0.1) is 6.61 Å². The Morgan fingerprint density at radius 1 is 1.44 bits per heavy atom. The molecule has 2 nitrogen and oxygen atoms in total. The van der Waals surface area contributed by atoms with Crippen LogP contribution in [0.5, 0.6) is 0 Å². The van der Waals surface area contributed by atoms with E-state index in [4.69, 9.17) is 0 Å². The maximum atomic E-state index is 9.73. The van der Waals surface area contributed by atoms with E-state index >= 15 is 0 Å². The molecule has 0 heterocycles. The molecule has 108 valence electrons. The van der Waals surface area contributed by atoms with E-state index < -0.39 is 0 Å². The maximum Gasteiger partial charge on any atom is 0.0613 e. The van der Waals surface area contributed by atoms with E-state index in [1.807, 2.05) is 0 Å². The molecule has 0 amide bonds. The van der Waals surface area contributed by atoms with E-state index in [0.717, 1.165) is 37.0 Å². The summed E-state index contributed by atoms with van der Waals surface area (Å²) in [7, 11) is 0. The zero-order valence-corrected chi connectivity index (χ0v) is 13.2. The van der Waals surface area contributed by atoms with Gasteiger partial charge >= 0.3 is 0 Å². The molecule has 0 aromatic rings. The van der Waals surface area contributed by atoms with Crippen LogP contribution < -0.4 is 5.32 Å². The lowest BCUT2D eigenvalue weighted by Gasteiger charge is -2.40. The van der Waals surface area contributed by atoms with Crippen molar-refractivity contribution in [3.63, 3.8) is 0 Å². The van der Waals surface area contributed by atoms with Gasteiger partial charge in [0.2, 0.25) is 0 Å². The van der Waals surface area contributed by atoms with E-state index in [2.05, 4.69) is 37.8 Å². The molecular weight excluding hydrogens is 242 g/mol. The van der Waals surface area contributed by atoms with Crippen molar-refractivity contribution in [2.75, 3.05) is 18.9 Å². The van der Waals surface area contributed by atoms with Gasteiger partial charge in [-0.25, -0.2) is 0 Å². The largest absolute Gasteiger partial charge is 0.394 e. The predicted octanol–water partition coefficient (Wildman–Crippen LogP) is 3.44. The van der Waals surface area contributed by atoms with E-state index in [9.17, 15) is 5.11 Å². The van der Waals surface area contributed by atoms with Gasteiger partial charge in [0.25, 0.3) is 0 Å². The molecule has 1 aliphatic rings. The quantitative estimate of drug-likeness (QED) is 0.710. The zero-order valence-electron chi connectivity index (χ0n) is 12.4. The highest BCUT2D eigenvalue weighted by Crippen LogP contribution is 2.35. The lowest BCUT2D eigenvalue weighted by atomic mass is 9.82. The first-order chi connectivity index (χ1) is 8.62. The third-order valence-corrected chi connectivity index (χ3v) is 5.25. The number of hydrogen-bond acceptors (Lipinski definition) is 3. The summed E-state index contributed by atoms with van der Waals surface area (Å²) in [6.07, 6.45) is 7.34. The number of aliphatic hydroxyl groups is 1. The molecule has 2 atom stereocenters. The first-order valence-corrected chi connectivity index (χ1v) is 8.64. The fourth-order valence-corrected chi connectivity index (χ4v) is 4.38. The molecule has 0 spiro atoms. The van der Waals surface area contributed by atoms with Crippen molar-refractivity contribution in [2.45, 2.75) is 70.1 Å². The Hall–Kier alpha value is 0.270. The van der Waals surface area contributed by atoms with Crippen LogP contribution in [0, 0.1) is 5.92 Å². The van der Waals surface area contributed by atoms with E-state index in [0.29, 0.717) is 6.61 Å². The van der Waals surface area contributed by atoms with E-state index in [-0.39, 0.29) is 5.54 Å². The van der Waals surface area contributed by atoms with Gasteiger partial charge in [0.15, 0.2) is 0 Å². The second-order valence-electron chi connectivity index (χ2n) is 6.14. The first-order valence-electron chi connectivity index (χ1n) is 7.59. The molecule has 0 saturated heterocycles. The minimum absolute atomic E-state index is 0.0176. The van der Waals surface area contributed by atoms with E-state index in [1.54, 1.807) is 0 Å². The summed E-state index contributed by atoms with van der Waals surface area (Å²) in [6, 6.07) is 0. The number of aliphatic hydroxyl groups excluding tert-OH is 1. The average Bonchev–Trinajstić information content (AvgIpc) is 2.36. The van der Waals surface area contributed by atoms with Crippen molar-refractivity contribution in [1.82, 2.24) is 5.32 Å². The van der Waals surface area contributed by atoms with Crippen LogP contribution in [0.3, 0.4) is 0 Å². The molecule has 2 unspecified atom stereocenters. The van der Waals surface area contributed by atoms with Crippen LogP contribution in [0.2, 0.25) is 0 Å². The number of thioether (sulfide) groups is 1. The fraction of sp³-hybridized carbons (Fsp3) is 1.00. The highest BCUT2D eigenvalue weighted by molar-refractivity contribution is 7.99. The van der Waals surface area contributed by atoms with Gasteiger partial charge in [-0.15, -0.1) is 0 Å². The van der Waals surface area contributed by atoms with Gasteiger partial charge < -0.3 is 10.4 Å². The topological polar surface area (TPSA) is 32.3 Å². The van der Waals surface area contributed by atoms with Crippen molar-refractivity contribution >= 4 is 11.8 Å². The summed E-state index contributed by atoms with van der Waals surface area (Å²) in [5.74, 6) is 2.08. The van der Waals surface area contributed by atoms with Gasteiger partial charge in [0, 0.05) is 10.8 Å². The summed E-state index contributed by atoms with van der Waals surface area (Å²) < 4.78 is 0. The fourth-order valence-electron chi connectivity index (χ4n) is 2.67. The van der Waals surface area contributed by atoms with Gasteiger partial charge in [0.1, 0.15) is 0 Å². The molecule has 0 aromatic carbocycles. The Balaban J connectivity index is 2.37. The number of hydrogen-bond donors (Lipinski definition) is 2. The molecule has 0 aromatic heterocycles. The SMILES string of the molecule is CCCNC1(CO)CCCC(SCCC(C)C)C1. The molecule has 0 aliphatic heterocycles. The summed E-state index contributed by atoms with van der Waals surface area (Å²) in [5.41, 5.74) is 0.0176. The third-order valence-electron chi connectivity index (χ3n) is 3.90. The van der Waals surface area contributed by atoms with Gasteiger partial charge in [-0.1, -0.05) is 27.2 Å². The predicted molar refractivity (Wildman–Crippen MR) is 82.3 cm³/mol. The van der Waals surface area contributed by atoms with Crippen LogP contribution in [0.15, 0.2) is 0 Å². The van der Waals surface area contributed by atoms with Gasteiger partial charge in [-0.2, -0.15) is 11.8 Å². The highest BCUT2D eigenvalue weighted by Gasteiger charge is 2.35. The highest BCUT2D eigenvalue weighted by atomic mass is 32.2. The van der Waals surface area contributed by atoms with Crippen molar-refractivity contribution in [3.8, 4) is 0 Å². The smallest absolute Gasteiger partial charge is 0.0613 e. The second kappa shape index (κ2) is 8.44. The minimum atomic E-state index is 0.0176. The second-order valence-corrected chi connectivity index (χ2v) is 7.55. The summed E-state index contributed by atoms with van der Waals surface area (Å²) in [5, 5.41) is 14.1. The van der Waals surface area contributed by atoms with Crippen LogP contribution >= 0.6 is 11.8 Å². The molecule has 2 N–H and O–H groups in total. The van der Waals surface area contributed by atoms with Crippen LogP contribution in [-0.2, 0) is 0 Å². The minimum Gasteiger partial charge on any atom is -0.394 e. The zero-order chi connectivity index (χ0) is 13.4. The Kier molecular flexibility index (Phi) is 7.66. The molecule has 1 rings (SSSR count). The molecule has 0 radical (unpaired) electrons. The van der Waals surface area contributed by atoms with Crippen LogP contribution in [0.1, 0.15) is 59.3 Å². The number of nitrogens with one attached hydrogen (secondary N) is 1. The van der Waals surface area contributed by atoms with Crippen molar-refractivity contribution in [2.24, 2.45) is 5.92 Å². The lowest BCUT2D eigenvalue weighted by molar-refractivity contribution is 0.124. The van der Waals surface area contributed by atoms with Crippen LogP contribution in [0.4, 0.5) is 0 Å². The van der Waals surface area contributed by atoms with Crippen LogP contribution in [-0.4, -0.2) is 34.8 Å². The standard InChI is InChI=1S/C15H31NOS/c1-4-9-16-15(12-17)8-5-6-14(11-15)18-10-7-13(2)3/h13-14,16-17H,4-12H2,1-3H3. The number of rotatable bonds is 8. The first kappa shape index (κ1) is 16.3. The van der Waals surface area contributed by atoms with Crippen LogP contribution in [0.25, 0.3) is 0 Å². The Morgan fingerprint density at radius 2 is 2.22 bits per heavy atom. The molecule has 1 aliphatic carbocycles. The molecular formula is C15H31NOS. The van der Waals surface area contributed by atoms with Gasteiger partial charge in [-0.3, -0.25) is 0 Å². The maximum absolute atomic E-state index is 9.73.